The lowest BCUT2D eigenvalue weighted by Crippen LogP contribution is -2.13. The number of anilines is 1. The molecule has 9 heteroatoms. The van der Waals surface area contributed by atoms with Gasteiger partial charge in [0.15, 0.2) is 0 Å². The Hall–Kier alpha value is -2.92. The van der Waals surface area contributed by atoms with Gasteiger partial charge < -0.3 is 5.32 Å². The molecule has 1 aromatic carbocycles. The summed E-state index contributed by atoms with van der Waals surface area (Å²) in [7, 11) is 0. The van der Waals surface area contributed by atoms with Crippen LogP contribution in [0.2, 0.25) is 5.02 Å². The molecule has 1 heterocycles. The van der Waals surface area contributed by atoms with E-state index < -0.39 is 10.8 Å². The van der Waals surface area contributed by atoms with Gasteiger partial charge in [-0.05, 0) is 6.07 Å². The van der Waals surface area contributed by atoms with Crippen LogP contribution in [0, 0.1) is 21.4 Å². The van der Waals surface area contributed by atoms with Crippen molar-refractivity contribution >= 4 is 29.0 Å². The summed E-state index contributed by atoms with van der Waals surface area (Å²) in [5.41, 5.74) is -0.00190. The number of non-ortho nitro benzene ring substituents is 1. The topological polar surface area (TPSA) is 125 Å². The first-order chi connectivity index (χ1) is 9.52. The second-order valence-corrected chi connectivity index (χ2v) is 4.05. The third-order valence-corrected chi connectivity index (χ3v) is 2.72. The minimum Gasteiger partial charge on any atom is -0.306 e. The van der Waals surface area contributed by atoms with Crippen LogP contribution in [0.4, 0.5) is 11.5 Å². The Balaban J connectivity index is 2.26. The van der Waals surface area contributed by atoms with E-state index in [1.54, 1.807) is 0 Å². The standard InChI is InChI=1S/C11H6ClN5O3/c12-9-3-7(17(19)20)1-2-8(9)11(18)15-10-6(4-13)5-14-16-10/h1-3,5H,(H2,14,15,16,18). The van der Waals surface area contributed by atoms with E-state index in [1.165, 1.54) is 18.3 Å². The Kier molecular flexibility index (Phi) is 3.63. The van der Waals surface area contributed by atoms with Crippen molar-refractivity contribution < 1.29 is 9.72 Å². The number of nitro benzene ring substituents is 1. The molecular weight excluding hydrogens is 286 g/mol. The van der Waals surface area contributed by atoms with Crippen LogP contribution < -0.4 is 5.32 Å². The number of nitrogens with one attached hydrogen (secondary N) is 2. The first-order valence-corrected chi connectivity index (χ1v) is 5.59. The van der Waals surface area contributed by atoms with Gasteiger partial charge in [0.1, 0.15) is 17.5 Å². The predicted octanol–water partition coefficient (Wildman–Crippen LogP) is 2.10. The lowest BCUT2D eigenvalue weighted by molar-refractivity contribution is -0.384. The SMILES string of the molecule is N#Cc1cn[nH]c1NC(=O)c1ccc([N+](=O)[O-])cc1Cl. The van der Waals surface area contributed by atoms with Crippen molar-refractivity contribution in [3.05, 3.63) is 50.7 Å². The molecule has 0 saturated heterocycles. The average molecular weight is 292 g/mol. The van der Waals surface area contributed by atoms with Crippen LogP contribution in [0.15, 0.2) is 24.4 Å². The molecule has 0 unspecified atom stereocenters. The van der Waals surface area contributed by atoms with Gasteiger partial charge in [-0.3, -0.25) is 20.0 Å². The normalized spacial score (nSPS) is 9.80. The van der Waals surface area contributed by atoms with Gasteiger partial charge in [-0.1, -0.05) is 11.6 Å². The van der Waals surface area contributed by atoms with Gasteiger partial charge in [0.05, 0.1) is 21.7 Å². The van der Waals surface area contributed by atoms with Crippen LogP contribution in [-0.2, 0) is 0 Å². The monoisotopic (exact) mass is 291 g/mol. The maximum Gasteiger partial charge on any atom is 0.270 e. The van der Waals surface area contributed by atoms with Crippen LogP contribution in [0.5, 0.6) is 0 Å². The molecule has 1 aromatic heterocycles. The molecule has 0 atom stereocenters. The number of aromatic amines is 1. The van der Waals surface area contributed by atoms with Gasteiger partial charge >= 0.3 is 0 Å². The van der Waals surface area contributed by atoms with E-state index in [9.17, 15) is 14.9 Å². The summed E-state index contributed by atoms with van der Waals surface area (Å²) in [5, 5.41) is 27.8. The van der Waals surface area contributed by atoms with Crippen molar-refractivity contribution in [2.24, 2.45) is 0 Å². The molecule has 2 N–H and O–H groups in total. The predicted molar refractivity (Wildman–Crippen MR) is 69.4 cm³/mol. The minimum absolute atomic E-state index is 0.0516. The third-order valence-electron chi connectivity index (χ3n) is 2.41. The number of nitrogens with zero attached hydrogens (tertiary/aromatic N) is 3. The van der Waals surface area contributed by atoms with Crippen molar-refractivity contribution in [1.82, 2.24) is 10.2 Å². The number of carbonyl (C=O) groups is 1. The van der Waals surface area contributed by atoms with E-state index in [2.05, 4.69) is 15.5 Å². The Bertz CT molecular complexity index is 734. The van der Waals surface area contributed by atoms with E-state index in [-0.39, 0.29) is 27.7 Å². The zero-order valence-electron chi connectivity index (χ0n) is 9.75. The van der Waals surface area contributed by atoms with Crippen LogP contribution in [0.1, 0.15) is 15.9 Å². The lowest BCUT2D eigenvalue weighted by atomic mass is 10.2. The number of aromatic nitrogens is 2. The molecule has 0 bridgehead atoms. The largest absolute Gasteiger partial charge is 0.306 e. The first kappa shape index (κ1) is 13.5. The molecule has 2 aromatic rings. The number of rotatable bonds is 3. The van der Waals surface area contributed by atoms with Crippen LogP contribution in [0.3, 0.4) is 0 Å². The molecule has 20 heavy (non-hydrogen) atoms. The van der Waals surface area contributed by atoms with Crippen molar-refractivity contribution in [2.75, 3.05) is 5.32 Å². The van der Waals surface area contributed by atoms with Crippen molar-refractivity contribution in [3.63, 3.8) is 0 Å². The fourth-order valence-electron chi connectivity index (χ4n) is 1.45. The lowest BCUT2D eigenvalue weighted by Gasteiger charge is -2.05. The summed E-state index contributed by atoms with van der Waals surface area (Å²) in [6.07, 6.45) is 1.26. The molecule has 100 valence electrons. The Morgan fingerprint density at radius 1 is 1.55 bits per heavy atom. The maximum atomic E-state index is 12.0. The van der Waals surface area contributed by atoms with Gasteiger partial charge in [-0.2, -0.15) is 10.4 Å². The van der Waals surface area contributed by atoms with Crippen molar-refractivity contribution in [1.29, 1.82) is 5.26 Å². The molecule has 0 aliphatic carbocycles. The molecule has 0 saturated carbocycles. The molecule has 0 aliphatic heterocycles. The summed E-state index contributed by atoms with van der Waals surface area (Å²) >= 11 is 5.83. The number of H-pyrrole nitrogens is 1. The number of benzene rings is 1. The number of nitriles is 1. The number of hydrogen-bond acceptors (Lipinski definition) is 5. The highest BCUT2D eigenvalue weighted by atomic mass is 35.5. The highest BCUT2D eigenvalue weighted by Gasteiger charge is 2.16. The second kappa shape index (κ2) is 5.38. The minimum atomic E-state index is -0.615. The molecule has 8 nitrogen and oxygen atoms in total. The third kappa shape index (κ3) is 2.57. The smallest absolute Gasteiger partial charge is 0.270 e. The van der Waals surface area contributed by atoms with E-state index in [0.29, 0.717) is 0 Å². The molecule has 1 amide bonds. The average Bonchev–Trinajstić information content (AvgIpc) is 2.85. The number of carbonyl (C=O) groups excluding carboxylic acids is 1. The Morgan fingerprint density at radius 3 is 2.90 bits per heavy atom. The summed E-state index contributed by atoms with van der Waals surface area (Å²) < 4.78 is 0. The molecule has 0 fully saturated rings. The second-order valence-electron chi connectivity index (χ2n) is 3.65. The zero-order chi connectivity index (χ0) is 14.7. The highest BCUT2D eigenvalue weighted by Crippen LogP contribution is 2.23. The zero-order valence-corrected chi connectivity index (χ0v) is 10.5. The van der Waals surface area contributed by atoms with E-state index >= 15 is 0 Å². The molecular formula is C11H6ClN5O3. The van der Waals surface area contributed by atoms with Gasteiger partial charge in [-0.15, -0.1) is 0 Å². The van der Waals surface area contributed by atoms with E-state index in [4.69, 9.17) is 16.9 Å². The first-order valence-electron chi connectivity index (χ1n) is 5.21. The number of halogens is 1. The summed E-state index contributed by atoms with van der Waals surface area (Å²) in [5.74, 6) is -0.474. The van der Waals surface area contributed by atoms with Gasteiger partial charge in [0.2, 0.25) is 0 Å². The molecule has 2 rings (SSSR count). The fraction of sp³-hybridized carbons (Fsp3) is 0. The van der Waals surface area contributed by atoms with E-state index in [0.717, 1.165) is 6.07 Å². The summed E-state index contributed by atoms with van der Waals surface area (Å²) in [4.78, 5) is 21.9. The highest BCUT2D eigenvalue weighted by molar-refractivity contribution is 6.34. The number of nitro groups is 1. The maximum absolute atomic E-state index is 12.0. The van der Waals surface area contributed by atoms with Crippen LogP contribution >= 0.6 is 11.6 Å². The van der Waals surface area contributed by atoms with Gasteiger partial charge in [0, 0.05) is 12.1 Å². The van der Waals surface area contributed by atoms with Gasteiger partial charge in [-0.25, -0.2) is 0 Å². The fourth-order valence-corrected chi connectivity index (χ4v) is 1.71. The molecule has 0 spiro atoms. The van der Waals surface area contributed by atoms with Crippen molar-refractivity contribution in [2.45, 2.75) is 0 Å². The quantitative estimate of drug-likeness (QED) is 0.661. The Morgan fingerprint density at radius 2 is 2.30 bits per heavy atom. The van der Waals surface area contributed by atoms with Crippen molar-refractivity contribution in [3.8, 4) is 6.07 Å². The Labute approximate surface area is 117 Å². The summed E-state index contributed by atoms with van der Waals surface area (Å²) in [6.45, 7) is 0. The molecule has 0 aliphatic rings. The number of hydrogen-bond donors (Lipinski definition) is 2. The summed E-state index contributed by atoms with van der Waals surface area (Å²) in [6, 6.07) is 5.32. The van der Waals surface area contributed by atoms with Gasteiger partial charge in [0.25, 0.3) is 11.6 Å². The van der Waals surface area contributed by atoms with Crippen LogP contribution in [0.25, 0.3) is 0 Å². The van der Waals surface area contributed by atoms with E-state index in [1.807, 2.05) is 6.07 Å². The number of amides is 1. The molecule has 0 radical (unpaired) electrons. The van der Waals surface area contributed by atoms with Crippen LogP contribution in [-0.4, -0.2) is 21.0 Å².